The lowest BCUT2D eigenvalue weighted by Crippen LogP contribution is -2.03. The van der Waals surface area contributed by atoms with Gasteiger partial charge in [-0.25, -0.2) is 0 Å². The van der Waals surface area contributed by atoms with E-state index in [1.165, 1.54) is 0 Å². The predicted octanol–water partition coefficient (Wildman–Crippen LogP) is 4.73. The van der Waals surface area contributed by atoms with Crippen molar-refractivity contribution in [3.63, 3.8) is 0 Å². The molecule has 1 rings (SSSR count). The Labute approximate surface area is 123 Å². The first-order valence-corrected chi connectivity index (χ1v) is 8.39. The monoisotopic (exact) mass is 326 g/mol. The molecule has 108 valence electrons. The molecule has 19 heavy (non-hydrogen) atoms. The fourth-order valence-corrected chi connectivity index (χ4v) is 2.86. The van der Waals surface area contributed by atoms with Gasteiger partial charge < -0.3 is 9.26 Å². The van der Waals surface area contributed by atoms with Crippen LogP contribution in [0.4, 0.5) is 0 Å². The van der Waals surface area contributed by atoms with E-state index < -0.39 is 7.60 Å². The van der Waals surface area contributed by atoms with E-state index in [0.717, 1.165) is 5.56 Å². The van der Waals surface area contributed by atoms with Crippen LogP contribution < -0.4 is 0 Å². The maximum Gasteiger partial charge on any atom is 0.332 e. The number of hydrogen-bond acceptors (Lipinski definition) is 4. The van der Waals surface area contributed by atoms with Crippen LogP contribution in [0.2, 0.25) is 10.0 Å². The third kappa shape index (κ3) is 5.82. The summed E-state index contributed by atoms with van der Waals surface area (Å²) in [4.78, 5) is 0. The molecule has 4 nitrogen and oxygen atoms in total. The molecule has 0 aliphatic rings. The van der Waals surface area contributed by atoms with Crippen LogP contribution in [0, 0.1) is 0 Å². The summed E-state index contributed by atoms with van der Waals surface area (Å²) >= 11 is 11.8. The molecule has 1 unspecified atom stereocenters. The fraction of sp³-hybridized carbons (Fsp3) is 0.500. The first-order chi connectivity index (χ1) is 9.00. The largest absolute Gasteiger partial charge is 0.350 e. The van der Waals surface area contributed by atoms with Crippen molar-refractivity contribution in [1.29, 1.82) is 0 Å². The average Bonchev–Trinajstić information content (AvgIpc) is 2.37. The van der Waals surface area contributed by atoms with Crippen LogP contribution in [0.5, 0.6) is 0 Å². The molecule has 1 aromatic carbocycles. The number of benzene rings is 1. The first kappa shape index (κ1) is 17.0. The molecule has 0 amide bonds. The highest BCUT2D eigenvalue weighted by atomic mass is 35.5. The van der Waals surface area contributed by atoms with E-state index in [2.05, 4.69) is 0 Å². The van der Waals surface area contributed by atoms with Crippen molar-refractivity contribution in [2.75, 3.05) is 19.6 Å². The van der Waals surface area contributed by atoms with E-state index in [0.29, 0.717) is 22.8 Å². The van der Waals surface area contributed by atoms with Gasteiger partial charge in [-0.1, -0.05) is 36.2 Å². The van der Waals surface area contributed by atoms with Crippen LogP contribution in [0.1, 0.15) is 19.4 Å². The summed E-state index contributed by atoms with van der Waals surface area (Å²) < 4.78 is 27.4. The molecule has 0 spiro atoms. The Morgan fingerprint density at radius 1 is 1.21 bits per heavy atom. The van der Waals surface area contributed by atoms with Crippen LogP contribution in [0.3, 0.4) is 0 Å². The standard InChI is InChI=1S/C12H17Cl2O4P/c1-3-17-19(15,4-2)18-9-16-8-10-5-6-11(13)7-12(10)14/h5-7H,3-4,8-9H2,1-2H3. The lowest BCUT2D eigenvalue weighted by molar-refractivity contribution is -0.00391. The molecular formula is C12H17Cl2O4P. The van der Waals surface area contributed by atoms with E-state index in [4.69, 9.17) is 37.0 Å². The highest BCUT2D eigenvalue weighted by molar-refractivity contribution is 7.53. The van der Waals surface area contributed by atoms with E-state index in [-0.39, 0.29) is 13.4 Å². The Bertz CT molecular complexity index is 453. The van der Waals surface area contributed by atoms with Crippen molar-refractivity contribution in [3.8, 4) is 0 Å². The molecule has 0 saturated carbocycles. The van der Waals surface area contributed by atoms with Crippen LogP contribution in [-0.4, -0.2) is 19.6 Å². The molecule has 0 heterocycles. The highest BCUT2D eigenvalue weighted by Crippen LogP contribution is 2.47. The van der Waals surface area contributed by atoms with Gasteiger partial charge in [0.2, 0.25) is 0 Å². The molecule has 1 aromatic rings. The van der Waals surface area contributed by atoms with Crippen LogP contribution in [0.25, 0.3) is 0 Å². The molecule has 0 bridgehead atoms. The third-order valence-corrected chi connectivity index (χ3v) is 4.83. The summed E-state index contributed by atoms with van der Waals surface area (Å²) in [6.45, 7) is 4.00. The Morgan fingerprint density at radius 3 is 2.53 bits per heavy atom. The van der Waals surface area contributed by atoms with Gasteiger partial charge >= 0.3 is 7.60 Å². The Morgan fingerprint density at radius 2 is 1.95 bits per heavy atom. The molecule has 0 aliphatic carbocycles. The number of rotatable bonds is 8. The zero-order valence-corrected chi connectivity index (χ0v) is 13.3. The number of hydrogen-bond donors (Lipinski definition) is 0. The zero-order chi connectivity index (χ0) is 14.3. The predicted molar refractivity (Wildman–Crippen MR) is 77.0 cm³/mol. The SMILES string of the molecule is CCOP(=O)(CC)OCOCc1ccc(Cl)cc1Cl. The Hall–Kier alpha value is -0.0900. The van der Waals surface area contributed by atoms with E-state index >= 15 is 0 Å². The number of halogens is 2. The van der Waals surface area contributed by atoms with Gasteiger partial charge in [0.15, 0.2) is 6.79 Å². The normalized spacial score (nSPS) is 14.3. The molecule has 0 saturated heterocycles. The zero-order valence-electron chi connectivity index (χ0n) is 10.9. The van der Waals surface area contributed by atoms with Gasteiger partial charge in [0, 0.05) is 16.2 Å². The maximum atomic E-state index is 11.9. The van der Waals surface area contributed by atoms with Gasteiger partial charge in [0.1, 0.15) is 0 Å². The topological polar surface area (TPSA) is 44.8 Å². The molecule has 0 aliphatic heterocycles. The van der Waals surface area contributed by atoms with Crippen molar-refractivity contribution in [1.82, 2.24) is 0 Å². The molecule has 0 aromatic heterocycles. The van der Waals surface area contributed by atoms with Gasteiger partial charge in [-0.2, -0.15) is 0 Å². The Balaban J connectivity index is 2.40. The maximum absolute atomic E-state index is 11.9. The highest BCUT2D eigenvalue weighted by Gasteiger charge is 2.20. The van der Waals surface area contributed by atoms with Gasteiger partial charge in [-0.3, -0.25) is 9.09 Å². The van der Waals surface area contributed by atoms with Crippen molar-refractivity contribution in [2.24, 2.45) is 0 Å². The van der Waals surface area contributed by atoms with Crippen LogP contribution in [0.15, 0.2) is 18.2 Å². The third-order valence-electron chi connectivity index (χ3n) is 2.32. The van der Waals surface area contributed by atoms with Gasteiger partial charge in [-0.15, -0.1) is 0 Å². The van der Waals surface area contributed by atoms with Crippen LogP contribution >= 0.6 is 30.8 Å². The van der Waals surface area contributed by atoms with Crippen LogP contribution in [-0.2, 0) is 25.0 Å². The second-order valence-electron chi connectivity index (χ2n) is 3.68. The summed E-state index contributed by atoms with van der Waals surface area (Å²) in [5, 5.41) is 1.09. The first-order valence-electron chi connectivity index (χ1n) is 5.90. The second kappa shape index (κ2) is 8.25. The van der Waals surface area contributed by atoms with E-state index in [1.54, 1.807) is 32.0 Å². The van der Waals surface area contributed by atoms with Gasteiger partial charge in [0.25, 0.3) is 0 Å². The summed E-state index contributed by atoms with van der Waals surface area (Å²) in [5.74, 6) is 0. The summed E-state index contributed by atoms with van der Waals surface area (Å²) in [5.41, 5.74) is 0.789. The fourth-order valence-electron chi connectivity index (χ4n) is 1.32. The van der Waals surface area contributed by atoms with Gasteiger partial charge in [0.05, 0.1) is 13.2 Å². The lowest BCUT2D eigenvalue weighted by Gasteiger charge is -2.16. The van der Waals surface area contributed by atoms with Crippen molar-refractivity contribution < 1.29 is 18.3 Å². The summed E-state index contributed by atoms with van der Waals surface area (Å²) in [6.07, 6.45) is 0.311. The molecule has 0 radical (unpaired) electrons. The quantitative estimate of drug-likeness (QED) is 0.393. The smallest absolute Gasteiger partial charge is 0.332 e. The van der Waals surface area contributed by atoms with E-state index in [9.17, 15) is 4.57 Å². The lowest BCUT2D eigenvalue weighted by atomic mass is 10.2. The molecule has 0 N–H and O–H groups in total. The summed E-state index contributed by atoms with van der Waals surface area (Å²) in [6, 6.07) is 5.14. The Kier molecular flexibility index (Phi) is 7.37. The molecule has 7 heteroatoms. The minimum Gasteiger partial charge on any atom is -0.350 e. The average molecular weight is 327 g/mol. The van der Waals surface area contributed by atoms with E-state index in [1.807, 2.05) is 0 Å². The van der Waals surface area contributed by atoms with Crippen molar-refractivity contribution >= 4 is 30.8 Å². The minimum absolute atomic E-state index is 0.107. The molecule has 0 fully saturated rings. The summed E-state index contributed by atoms with van der Waals surface area (Å²) in [7, 11) is -3.02. The number of ether oxygens (including phenoxy) is 1. The molecule has 1 atom stereocenters. The minimum atomic E-state index is -3.02. The van der Waals surface area contributed by atoms with Crippen molar-refractivity contribution in [3.05, 3.63) is 33.8 Å². The molecular weight excluding hydrogens is 310 g/mol. The second-order valence-corrected chi connectivity index (χ2v) is 6.89. The van der Waals surface area contributed by atoms with Crippen molar-refractivity contribution in [2.45, 2.75) is 20.5 Å². The van der Waals surface area contributed by atoms with Gasteiger partial charge in [-0.05, 0) is 24.6 Å².